The lowest BCUT2D eigenvalue weighted by atomic mass is 9.68. The number of thiophene rings is 1. The summed E-state index contributed by atoms with van der Waals surface area (Å²) in [6.07, 6.45) is 7.23. The van der Waals surface area contributed by atoms with Crippen molar-refractivity contribution in [1.82, 2.24) is 0 Å². The van der Waals surface area contributed by atoms with E-state index in [4.69, 9.17) is 11.5 Å². The molecule has 1 aliphatic rings. The molecule has 0 spiro atoms. The smallest absolute Gasteiger partial charge is 0.217 e. The molecule has 18 heavy (non-hydrogen) atoms. The molecule has 0 saturated heterocycles. The van der Waals surface area contributed by atoms with Crippen LogP contribution < -0.4 is 11.5 Å². The Hall–Kier alpha value is -0.870. The summed E-state index contributed by atoms with van der Waals surface area (Å²) in [6, 6.07) is 4.15. The third-order valence-electron chi connectivity index (χ3n) is 4.03. The van der Waals surface area contributed by atoms with Gasteiger partial charge in [0.1, 0.15) is 0 Å². The quantitative estimate of drug-likeness (QED) is 0.860. The molecule has 4 N–H and O–H groups in total. The molecule has 1 aromatic rings. The van der Waals surface area contributed by atoms with Gasteiger partial charge < -0.3 is 11.5 Å². The van der Waals surface area contributed by atoms with Crippen molar-refractivity contribution >= 4 is 17.2 Å². The Bertz CT molecular complexity index is 383. The lowest BCUT2D eigenvalue weighted by Crippen LogP contribution is -2.33. The second kappa shape index (κ2) is 5.85. The van der Waals surface area contributed by atoms with Crippen LogP contribution in [0.1, 0.15) is 55.9 Å². The minimum Gasteiger partial charge on any atom is -0.370 e. The Morgan fingerprint density at radius 1 is 1.39 bits per heavy atom. The lowest BCUT2D eigenvalue weighted by Gasteiger charge is -2.38. The number of hydrogen-bond acceptors (Lipinski definition) is 3. The molecule has 1 unspecified atom stereocenters. The van der Waals surface area contributed by atoms with E-state index >= 15 is 0 Å². The third kappa shape index (κ3) is 3.33. The summed E-state index contributed by atoms with van der Waals surface area (Å²) in [5.74, 6) is -0.185. The van der Waals surface area contributed by atoms with Crippen molar-refractivity contribution in [3.8, 4) is 0 Å². The molecule has 1 atom stereocenters. The average molecular weight is 266 g/mol. The largest absolute Gasteiger partial charge is 0.370 e. The highest BCUT2D eigenvalue weighted by atomic mass is 32.1. The standard InChI is InChI=1S/C14H22N2OS/c15-11(12-5-4-8-18-12)9-14(10-13(16)17)6-2-1-3-7-14/h4-5,8,11H,1-3,6-7,9-10,15H2,(H2,16,17). The van der Waals surface area contributed by atoms with Gasteiger partial charge in [0.2, 0.25) is 5.91 Å². The molecule has 1 fully saturated rings. The normalized spacial score (nSPS) is 20.5. The average Bonchev–Trinajstić information content (AvgIpc) is 2.82. The Balaban J connectivity index is 2.07. The van der Waals surface area contributed by atoms with Crippen molar-refractivity contribution in [2.24, 2.45) is 16.9 Å². The predicted molar refractivity (Wildman–Crippen MR) is 75.2 cm³/mol. The van der Waals surface area contributed by atoms with Crippen molar-refractivity contribution < 1.29 is 4.79 Å². The molecule has 1 heterocycles. The van der Waals surface area contributed by atoms with Gasteiger partial charge in [0.05, 0.1) is 0 Å². The Morgan fingerprint density at radius 2 is 2.11 bits per heavy atom. The van der Waals surface area contributed by atoms with Crippen LogP contribution >= 0.6 is 11.3 Å². The van der Waals surface area contributed by atoms with Crippen LogP contribution in [-0.2, 0) is 4.79 Å². The molecule has 1 aromatic heterocycles. The lowest BCUT2D eigenvalue weighted by molar-refractivity contribution is -0.121. The highest BCUT2D eigenvalue weighted by Crippen LogP contribution is 2.45. The number of carbonyl (C=O) groups is 1. The first-order valence-electron chi connectivity index (χ1n) is 6.69. The van der Waals surface area contributed by atoms with Crippen LogP contribution in [0.25, 0.3) is 0 Å². The van der Waals surface area contributed by atoms with E-state index in [1.54, 1.807) is 11.3 Å². The molecule has 1 amide bonds. The van der Waals surface area contributed by atoms with Gasteiger partial charge in [-0.25, -0.2) is 0 Å². The minimum atomic E-state index is -0.185. The second-order valence-electron chi connectivity index (χ2n) is 5.53. The molecule has 4 heteroatoms. The molecule has 0 aromatic carbocycles. The highest BCUT2D eigenvalue weighted by Gasteiger charge is 2.35. The van der Waals surface area contributed by atoms with Crippen LogP contribution in [0, 0.1) is 5.41 Å². The van der Waals surface area contributed by atoms with E-state index in [0.717, 1.165) is 19.3 Å². The summed E-state index contributed by atoms with van der Waals surface area (Å²) >= 11 is 1.70. The number of carbonyl (C=O) groups excluding carboxylic acids is 1. The number of rotatable bonds is 5. The van der Waals surface area contributed by atoms with Gasteiger partial charge >= 0.3 is 0 Å². The number of amides is 1. The van der Waals surface area contributed by atoms with Crippen molar-refractivity contribution in [2.45, 2.75) is 51.0 Å². The van der Waals surface area contributed by atoms with Gasteiger partial charge in [-0.2, -0.15) is 0 Å². The summed E-state index contributed by atoms with van der Waals surface area (Å²) in [7, 11) is 0. The summed E-state index contributed by atoms with van der Waals surface area (Å²) in [5.41, 5.74) is 11.8. The van der Waals surface area contributed by atoms with Gasteiger partial charge in [-0.05, 0) is 36.1 Å². The Morgan fingerprint density at radius 3 is 2.67 bits per heavy atom. The summed E-state index contributed by atoms with van der Waals surface area (Å²) in [6.45, 7) is 0. The molecule has 0 bridgehead atoms. The van der Waals surface area contributed by atoms with Crippen molar-refractivity contribution in [3.63, 3.8) is 0 Å². The van der Waals surface area contributed by atoms with E-state index in [1.807, 2.05) is 6.07 Å². The maximum atomic E-state index is 11.3. The zero-order valence-electron chi connectivity index (χ0n) is 10.7. The summed E-state index contributed by atoms with van der Waals surface area (Å²) in [4.78, 5) is 12.5. The fourth-order valence-electron chi connectivity index (χ4n) is 3.19. The fourth-order valence-corrected chi connectivity index (χ4v) is 3.92. The Labute approximate surface area is 113 Å². The molecule has 1 saturated carbocycles. The molecule has 1 aliphatic carbocycles. The first kappa shape index (κ1) is 13.6. The van der Waals surface area contributed by atoms with E-state index < -0.39 is 0 Å². The monoisotopic (exact) mass is 266 g/mol. The fraction of sp³-hybridized carbons (Fsp3) is 0.643. The topological polar surface area (TPSA) is 69.1 Å². The third-order valence-corrected chi connectivity index (χ3v) is 5.03. The van der Waals surface area contributed by atoms with Crippen molar-refractivity contribution in [2.75, 3.05) is 0 Å². The van der Waals surface area contributed by atoms with Gasteiger partial charge in [0, 0.05) is 17.3 Å². The van der Waals surface area contributed by atoms with Crippen LogP contribution in [0.3, 0.4) is 0 Å². The van der Waals surface area contributed by atoms with Gasteiger partial charge in [0.15, 0.2) is 0 Å². The van der Waals surface area contributed by atoms with E-state index in [1.165, 1.54) is 24.1 Å². The zero-order valence-corrected chi connectivity index (χ0v) is 11.5. The van der Waals surface area contributed by atoms with Crippen LogP contribution in [0.2, 0.25) is 0 Å². The van der Waals surface area contributed by atoms with Gasteiger partial charge in [-0.3, -0.25) is 4.79 Å². The molecular formula is C14H22N2OS. The molecule has 3 nitrogen and oxygen atoms in total. The maximum Gasteiger partial charge on any atom is 0.217 e. The zero-order chi connectivity index (χ0) is 13.0. The van der Waals surface area contributed by atoms with Crippen molar-refractivity contribution in [3.05, 3.63) is 22.4 Å². The van der Waals surface area contributed by atoms with Crippen molar-refractivity contribution in [1.29, 1.82) is 0 Å². The van der Waals surface area contributed by atoms with E-state index in [2.05, 4.69) is 11.4 Å². The molecular weight excluding hydrogens is 244 g/mol. The van der Waals surface area contributed by atoms with Crippen LogP contribution in [0.15, 0.2) is 17.5 Å². The minimum absolute atomic E-state index is 0.0439. The maximum absolute atomic E-state index is 11.3. The molecule has 100 valence electrons. The van der Waals surface area contributed by atoms with E-state index in [9.17, 15) is 4.79 Å². The highest BCUT2D eigenvalue weighted by molar-refractivity contribution is 7.10. The SMILES string of the molecule is NC(=O)CC1(CC(N)c2cccs2)CCCCC1. The van der Waals surface area contributed by atoms with Crippen LogP contribution in [0.5, 0.6) is 0 Å². The predicted octanol–water partition coefficient (Wildman–Crippen LogP) is 2.96. The van der Waals surface area contributed by atoms with Gasteiger partial charge in [-0.1, -0.05) is 25.3 Å². The molecule has 2 rings (SSSR count). The first-order valence-corrected chi connectivity index (χ1v) is 7.57. The van der Waals surface area contributed by atoms with Gasteiger partial charge in [-0.15, -0.1) is 11.3 Å². The van der Waals surface area contributed by atoms with Crippen LogP contribution in [0.4, 0.5) is 0 Å². The number of primary amides is 1. The molecule has 0 aliphatic heterocycles. The molecule has 0 radical (unpaired) electrons. The summed E-state index contributed by atoms with van der Waals surface area (Å²) in [5, 5.41) is 2.05. The van der Waals surface area contributed by atoms with Crippen LogP contribution in [-0.4, -0.2) is 5.91 Å². The Kier molecular flexibility index (Phi) is 4.40. The number of hydrogen-bond donors (Lipinski definition) is 2. The van der Waals surface area contributed by atoms with E-state index in [0.29, 0.717) is 6.42 Å². The number of nitrogens with two attached hydrogens (primary N) is 2. The van der Waals surface area contributed by atoms with E-state index in [-0.39, 0.29) is 17.4 Å². The summed E-state index contributed by atoms with van der Waals surface area (Å²) < 4.78 is 0. The first-order chi connectivity index (χ1) is 8.61. The van der Waals surface area contributed by atoms with Gasteiger partial charge in [0.25, 0.3) is 0 Å². The second-order valence-corrected chi connectivity index (χ2v) is 6.51.